The molecule has 3 aromatic carbocycles. The average molecular weight is 471 g/mol. The van der Waals surface area contributed by atoms with Gasteiger partial charge in [0, 0.05) is 17.1 Å². The van der Waals surface area contributed by atoms with Gasteiger partial charge in [-0.05, 0) is 78.9 Å². The number of hydrogen-bond acceptors (Lipinski definition) is 3. The van der Waals surface area contributed by atoms with Gasteiger partial charge in [0.1, 0.15) is 0 Å². The third-order valence-electron chi connectivity index (χ3n) is 5.33. The number of amides is 1. The molecule has 0 aliphatic carbocycles. The first-order valence-electron chi connectivity index (χ1n) is 10.3. The quantitative estimate of drug-likeness (QED) is 0.509. The summed E-state index contributed by atoms with van der Waals surface area (Å²) in [6.07, 6.45) is 1.91. The van der Waals surface area contributed by atoms with Crippen LogP contribution in [0.4, 0.5) is 5.69 Å². The number of hydrogen-bond donors (Lipinski definition) is 1. The summed E-state index contributed by atoms with van der Waals surface area (Å²) < 4.78 is 26.2. The molecule has 0 aromatic heterocycles. The largest absolute Gasteiger partial charge is 0.352 e. The Morgan fingerprint density at radius 2 is 1.53 bits per heavy atom. The van der Waals surface area contributed by atoms with Gasteiger partial charge in [-0.3, -0.25) is 9.10 Å². The van der Waals surface area contributed by atoms with Gasteiger partial charge in [-0.2, -0.15) is 0 Å². The van der Waals surface area contributed by atoms with Crippen LogP contribution in [0.5, 0.6) is 0 Å². The van der Waals surface area contributed by atoms with Crippen LogP contribution >= 0.6 is 11.6 Å². The summed E-state index contributed by atoms with van der Waals surface area (Å²) in [5.41, 5.74) is 5.18. The summed E-state index contributed by atoms with van der Waals surface area (Å²) in [5, 5.41) is 3.59. The minimum absolute atomic E-state index is 0.167. The van der Waals surface area contributed by atoms with E-state index >= 15 is 0 Å². The predicted octanol–water partition coefficient (Wildman–Crippen LogP) is 4.90. The second-order valence-electron chi connectivity index (χ2n) is 7.87. The third-order valence-corrected chi connectivity index (χ3v) is 6.73. The summed E-state index contributed by atoms with van der Waals surface area (Å²) >= 11 is 5.89. The molecule has 32 heavy (non-hydrogen) atoms. The highest BCUT2D eigenvalue weighted by molar-refractivity contribution is 7.92. The second kappa shape index (κ2) is 10.2. The van der Waals surface area contributed by atoms with Crippen molar-refractivity contribution in [3.05, 3.63) is 99.6 Å². The number of rotatable bonds is 8. The topological polar surface area (TPSA) is 66.5 Å². The Morgan fingerprint density at radius 3 is 2.12 bits per heavy atom. The van der Waals surface area contributed by atoms with Gasteiger partial charge in [0.05, 0.1) is 18.5 Å². The maximum absolute atomic E-state index is 12.4. The molecule has 0 aliphatic rings. The van der Waals surface area contributed by atoms with Crippen molar-refractivity contribution >= 4 is 33.2 Å². The molecule has 5 nitrogen and oxygen atoms in total. The third kappa shape index (κ3) is 6.34. The van der Waals surface area contributed by atoms with Crippen molar-refractivity contribution in [2.75, 3.05) is 17.1 Å². The molecule has 3 rings (SSSR count). The first-order chi connectivity index (χ1) is 15.1. The van der Waals surface area contributed by atoms with E-state index in [0.717, 1.165) is 22.3 Å². The fourth-order valence-corrected chi connectivity index (χ4v) is 4.29. The first kappa shape index (κ1) is 23.8. The lowest BCUT2D eigenvalue weighted by Crippen LogP contribution is -2.29. The molecular weight excluding hydrogens is 444 g/mol. The number of aryl methyl sites for hydroxylation is 2. The normalized spacial score (nSPS) is 11.2. The number of halogens is 1. The molecule has 0 saturated heterocycles. The Bertz CT molecular complexity index is 1190. The zero-order valence-electron chi connectivity index (χ0n) is 18.4. The molecule has 0 aliphatic heterocycles. The van der Waals surface area contributed by atoms with Crippen LogP contribution in [0.2, 0.25) is 5.02 Å². The number of nitrogens with one attached hydrogen (secondary N) is 1. The van der Waals surface area contributed by atoms with Gasteiger partial charge in [0.2, 0.25) is 10.0 Å². The van der Waals surface area contributed by atoms with Crippen molar-refractivity contribution in [2.24, 2.45) is 0 Å². The minimum Gasteiger partial charge on any atom is -0.352 e. The van der Waals surface area contributed by atoms with Gasteiger partial charge in [0.15, 0.2) is 0 Å². The maximum atomic E-state index is 12.4. The number of nitrogens with zero attached hydrogens (tertiary/aromatic N) is 1. The van der Waals surface area contributed by atoms with E-state index in [2.05, 4.69) is 5.32 Å². The van der Waals surface area contributed by atoms with E-state index in [1.54, 1.807) is 24.3 Å². The molecule has 0 atom stereocenters. The lowest BCUT2D eigenvalue weighted by molar-refractivity contribution is 0.0954. The van der Waals surface area contributed by atoms with Crippen molar-refractivity contribution in [1.29, 1.82) is 0 Å². The molecule has 3 aromatic rings. The van der Waals surface area contributed by atoms with E-state index in [1.165, 1.54) is 10.6 Å². The van der Waals surface area contributed by atoms with E-state index in [9.17, 15) is 13.2 Å². The van der Waals surface area contributed by atoms with Gasteiger partial charge in [0.25, 0.3) is 5.91 Å². The Balaban J connectivity index is 1.64. The lowest BCUT2D eigenvalue weighted by atomic mass is 10.1. The summed E-state index contributed by atoms with van der Waals surface area (Å²) in [6.45, 7) is 4.65. The van der Waals surface area contributed by atoms with E-state index in [4.69, 9.17) is 11.6 Å². The number of benzene rings is 3. The highest BCUT2D eigenvalue weighted by Crippen LogP contribution is 2.23. The monoisotopic (exact) mass is 470 g/mol. The SMILES string of the molecule is Cc1ccc(N(Cc2ccc(C(=O)NCCc3ccc(Cl)cc3)cc2)S(C)(=O)=O)cc1C. The average Bonchev–Trinajstić information content (AvgIpc) is 2.75. The van der Waals surface area contributed by atoms with Crippen LogP contribution in [-0.4, -0.2) is 27.1 Å². The fraction of sp³-hybridized carbons (Fsp3) is 0.240. The molecular formula is C25H27ClN2O3S. The van der Waals surface area contributed by atoms with Crippen molar-refractivity contribution in [1.82, 2.24) is 5.32 Å². The molecule has 0 spiro atoms. The molecule has 1 amide bonds. The van der Waals surface area contributed by atoms with Crippen LogP contribution in [0.25, 0.3) is 0 Å². The first-order valence-corrected chi connectivity index (χ1v) is 12.5. The van der Waals surface area contributed by atoms with Gasteiger partial charge in [-0.25, -0.2) is 8.42 Å². The van der Waals surface area contributed by atoms with Crippen LogP contribution in [-0.2, 0) is 23.0 Å². The Morgan fingerprint density at radius 1 is 0.906 bits per heavy atom. The summed E-state index contributed by atoms with van der Waals surface area (Å²) in [4.78, 5) is 12.4. The number of carbonyl (C=O) groups excluding carboxylic acids is 1. The van der Waals surface area contributed by atoms with Crippen LogP contribution in [0.15, 0.2) is 66.7 Å². The zero-order chi connectivity index (χ0) is 23.3. The summed E-state index contributed by atoms with van der Waals surface area (Å²) in [6, 6.07) is 20.1. The highest BCUT2D eigenvalue weighted by atomic mass is 35.5. The van der Waals surface area contributed by atoms with Crippen molar-refractivity contribution in [2.45, 2.75) is 26.8 Å². The molecule has 7 heteroatoms. The van der Waals surface area contributed by atoms with Crippen LogP contribution in [0.3, 0.4) is 0 Å². The molecule has 0 unspecified atom stereocenters. The van der Waals surface area contributed by atoms with Crippen LogP contribution < -0.4 is 9.62 Å². The standard InChI is InChI=1S/C25H27ClN2O3S/c1-18-4-13-24(16-19(18)2)28(32(3,30)31)17-21-5-9-22(10-6-21)25(29)27-15-14-20-7-11-23(26)12-8-20/h4-13,16H,14-15,17H2,1-3H3,(H,27,29). The molecule has 168 valence electrons. The zero-order valence-corrected chi connectivity index (χ0v) is 20.0. The van der Waals surface area contributed by atoms with Crippen molar-refractivity contribution in [3.63, 3.8) is 0 Å². The number of anilines is 1. The fourth-order valence-electron chi connectivity index (χ4n) is 3.28. The lowest BCUT2D eigenvalue weighted by Gasteiger charge is -2.23. The Labute approximate surface area is 195 Å². The highest BCUT2D eigenvalue weighted by Gasteiger charge is 2.18. The van der Waals surface area contributed by atoms with Gasteiger partial charge >= 0.3 is 0 Å². The summed E-state index contributed by atoms with van der Waals surface area (Å²) in [5.74, 6) is -0.167. The van der Waals surface area contributed by atoms with E-state index in [-0.39, 0.29) is 12.5 Å². The van der Waals surface area contributed by atoms with Crippen molar-refractivity contribution in [3.8, 4) is 0 Å². The predicted molar refractivity (Wildman–Crippen MR) is 131 cm³/mol. The van der Waals surface area contributed by atoms with E-state index in [0.29, 0.717) is 29.2 Å². The number of carbonyl (C=O) groups is 1. The summed E-state index contributed by atoms with van der Waals surface area (Å²) in [7, 11) is -3.47. The Kier molecular flexibility index (Phi) is 7.59. The number of sulfonamides is 1. The maximum Gasteiger partial charge on any atom is 0.251 e. The van der Waals surface area contributed by atoms with Crippen LogP contribution in [0, 0.1) is 13.8 Å². The van der Waals surface area contributed by atoms with Crippen LogP contribution in [0.1, 0.15) is 32.6 Å². The minimum atomic E-state index is -3.47. The second-order valence-corrected chi connectivity index (χ2v) is 10.2. The Hall–Kier alpha value is -2.83. The molecule has 0 heterocycles. The van der Waals surface area contributed by atoms with E-state index in [1.807, 2.05) is 56.3 Å². The van der Waals surface area contributed by atoms with E-state index < -0.39 is 10.0 Å². The van der Waals surface area contributed by atoms with Crippen molar-refractivity contribution < 1.29 is 13.2 Å². The molecule has 0 bridgehead atoms. The molecule has 0 fully saturated rings. The smallest absolute Gasteiger partial charge is 0.251 e. The molecule has 0 saturated carbocycles. The van der Waals surface area contributed by atoms with Gasteiger partial charge in [-0.1, -0.05) is 41.9 Å². The van der Waals surface area contributed by atoms with Gasteiger partial charge in [-0.15, -0.1) is 0 Å². The van der Waals surface area contributed by atoms with Gasteiger partial charge < -0.3 is 5.32 Å². The molecule has 0 radical (unpaired) electrons. The molecule has 1 N–H and O–H groups in total.